The van der Waals surface area contributed by atoms with Gasteiger partial charge in [0.15, 0.2) is 23.3 Å². The van der Waals surface area contributed by atoms with Crippen LogP contribution < -0.4 is 38.3 Å². The van der Waals surface area contributed by atoms with Crippen molar-refractivity contribution >= 4 is 56.2 Å². The molecule has 1 aromatic rings. The van der Waals surface area contributed by atoms with Crippen molar-refractivity contribution in [2.75, 3.05) is 45.8 Å². The number of amides is 5. The summed E-state index contributed by atoms with van der Waals surface area (Å²) in [6.45, 7) is 2.54. The van der Waals surface area contributed by atoms with Gasteiger partial charge in [-0.2, -0.15) is 0 Å². The number of nitrogens with zero attached hydrogens (tertiary/aromatic N) is 2. The Bertz CT molecular complexity index is 1350. The second kappa shape index (κ2) is 15.2. The number of nitrogens with one attached hydrogen (secondary N) is 3. The molecule has 0 aromatic heterocycles. The molecular weight excluding hydrogens is 616 g/mol. The first-order valence-corrected chi connectivity index (χ1v) is 15.1. The first-order chi connectivity index (χ1) is 22.0. The normalized spacial score (nSPS) is 17.0. The number of benzene rings is 1. The van der Waals surface area contributed by atoms with Gasteiger partial charge in [0.1, 0.15) is 21.7 Å². The van der Waals surface area contributed by atoms with Crippen molar-refractivity contribution < 1.29 is 49.5 Å². The van der Waals surface area contributed by atoms with Crippen LogP contribution in [-0.2, 0) is 29.8 Å². The molecular formula is C28H41B2N7O10. The molecule has 2 fully saturated rings. The predicted molar refractivity (Wildman–Crippen MR) is 168 cm³/mol. The van der Waals surface area contributed by atoms with Crippen molar-refractivity contribution in [1.82, 2.24) is 25.8 Å². The summed E-state index contributed by atoms with van der Waals surface area (Å²) in [5.74, 6) is -10.9. The Morgan fingerprint density at radius 3 is 2.06 bits per heavy atom. The molecule has 2 heterocycles. The highest BCUT2D eigenvalue weighted by atomic mass is 16.5. The Kier molecular flexibility index (Phi) is 12.1. The average Bonchev–Trinajstić information content (AvgIpc) is 3.01. The molecule has 4 radical (unpaired) electrons. The van der Waals surface area contributed by atoms with Crippen molar-refractivity contribution in [3.8, 4) is 17.2 Å². The highest BCUT2D eigenvalue weighted by Gasteiger charge is 2.48. The van der Waals surface area contributed by atoms with Gasteiger partial charge in [-0.3, -0.25) is 24.0 Å². The zero-order valence-corrected chi connectivity index (χ0v) is 26.1. The van der Waals surface area contributed by atoms with Crippen LogP contribution in [-0.4, -0.2) is 138 Å². The van der Waals surface area contributed by atoms with Crippen molar-refractivity contribution in [1.29, 1.82) is 0 Å². The average molecular weight is 657 g/mol. The van der Waals surface area contributed by atoms with Crippen LogP contribution in [0.3, 0.4) is 0 Å². The largest absolute Gasteiger partial charge is 0.505 e. The molecule has 3 rings (SSSR count). The van der Waals surface area contributed by atoms with Gasteiger partial charge in [-0.25, -0.2) is 0 Å². The maximum Gasteiger partial charge on any atom is 0.249 e. The fraction of sp³-hybridized carbons (Fsp3) is 0.607. The van der Waals surface area contributed by atoms with Gasteiger partial charge >= 0.3 is 0 Å². The van der Waals surface area contributed by atoms with E-state index in [9.17, 15) is 49.5 Å². The van der Waals surface area contributed by atoms with E-state index in [1.807, 2.05) is 5.32 Å². The number of piperidine rings is 1. The molecule has 12 N–H and O–H groups in total. The minimum atomic E-state index is -3.58. The highest BCUT2D eigenvalue weighted by Crippen LogP contribution is 2.41. The van der Waals surface area contributed by atoms with Crippen molar-refractivity contribution in [3.63, 3.8) is 0 Å². The first kappa shape index (κ1) is 37.4. The van der Waals surface area contributed by atoms with Gasteiger partial charge in [-0.15, -0.1) is 0 Å². The van der Waals surface area contributed by atoms with Gasteiger partial charge in [0, 0.05) is 38.5 Å². The molecule has 5 amide bonds. The highest BCUT2D eigenvalue weighted by molar-refractivity contribution is 6.51. The van der Waals surface area contributed by atoms with Crippen LogP contribution in [0.2, 0.25) is 0 Å². The van der Waals surface area contributed by atoms with E-state index in [0.29, 0.717) is 58.4 Å². The first-order valence-electron chi connectivity index (χ1n) is 15.1. The number of aliphatic hydroxyl groups is 2. The third-order valence-electron chi connectivity index (χ3n) is 8.66. The standard InChI is InChI=1S/C28H41B2N7O10/c1-14(38)37-12-27(13-37)5-8-36(9-6-27)26(45)15(4-2-3-7-31)34-17(40)11-33-25(44)24(35-16(39)10-32)28(46,47)18-19(29)20(30)22(42)23(43)21(18)41/h15,24,41-43,46-47H,2-13,31-32H2,1H3,(H,33,44)(H,34,40)(H,35,39). The van der Waals surface area contributed by atoms with E-state index in [0.717, 1.165) is 0 Å². The Morgan fingerprint density at radius 1 is 0.894 bits per heavy atom. The Hall–Kier alpha value is -4.06. The lowest BCUT2D eigenvalue weighted by molar-refractivity contribution is -0.196. The van der Waals surface area contributed by atoms with Crippen LogP contribution in [0.4, 0.5) is 0 Å². The second-order valence-corrected chi connectivity index (χ2v) is 12.0. The quantitative estimate of drug-likeness (QED) is 0.0411. The van der Waals surface area contributed by atoms with Gasteiger partial charge in [0.05, 0.1) is 18.7 Å². The third kappa shape index (κ3) is 8.27. The Morgan fingerprint density at radius 2 is 1.51 bits per heavy atom. The van der Waals surface area contributed by atoms with Crippen molar-refractivity contribution in [2.45, 2.75) is 56.9 Å². The summed E-state index contributed by atoms with van der Waals surface area (Å²) >= 11 is 0. The van der Waals surface area contributed by atoms with E-state index in [1.54, 1.807) is 9.80 Å². The molecule has 254 valence electrons. The summed E-state index contributed by atoms with van der Waals surface area (Å²) in [4.78, 5) is 66.7. The molecule has 2 atom stereocenters. The van der Waals surface area contributed by atoms with Crippen molar-refractivity contribution in [2.24, 2.45) is 16.9 Å². The maximum absolute atomic E-state index is 13.5. The molecule has 47 heavy (non-hydrogen) atoms. The van der Waals surface area contributed by atoms with Gasteiger partial charge in [0.25, 0.3) is 0 Å². The third-order valence-corrected chi connectivity index (χ3v) is 8.66. The summed E-state index contributed by atoms with van der Waals surface area (Å²) in [6, 6.07) is -3.35. The molecule has 2 aliphatic rings. The van der Waals surface area contributed by atoms with E-state index in [-0.39, 0.29) is 23.7 Å². The topological polar surface area (TPSA) is 281 Å². The molecule has 1 aromatic carbocycles. The molecule has 17 nitrogen and oxygen atoms in total. The van der Waals surface area contributed by atoms with Crippen LogP contribution in [0.15, 0.2) is 0 Å². The molecule has 0 aliphatic carbocycles. The molecule has 0 bridgehead atoms. The molecule has 19 heteroatoms. The van der Waals surface area contributed by atoms with Gasteiger partial charge < -0.3 is 62.8 Å². The van der Waals surface area contributed by atoms with Gasteiger partial charge in [0.2, 0.25) is 35.3 Å². The van der Waals surface area contributed by atoms with Gasteiger partial charge in [-0.05, 0) is 38.6 Å². The lowest BCUT2D eigenvalue weighted by atomic mass is 9.72. The second-order valence-electron chi connectivity index (χ2n) is 12.0. The number of nitrogens with two attached hydrogens (primary N) is 2. The van der Waals surface area contributed by atoms with Crippen molar-refractivity contribution in [3.05, 3.63) is 5.56 Å². The van der Waals surface area contributed by atoms with E-state index in [2.05, 4.69) is 10.6 Å². The van der Waals surface area contributed by atoms with E-state index in [4.69, 9.17) is 27.2 Å². The van der Waals surface area contributed by atoms with E-state index in [1.165, 1.54) is 6.92 Å². The zero-order chi connectivity index (χ0) is 35.3. The fourth-order valence-electron chi connectivity index (χ4n) is 5.82. The number of phenols is 3. The Labute approximate surface area is 273 Å². The minimum Gasteiger partial charge on any atom is -0.505 e. The number of hydrogen-bond acceptors (Lipinski definition) is 12. The van der Waals surface area contributed by atoms with E-state index >= 15 is 0 Å². The summed E-state index contributed by atoms with van der Waals surface area (Å²) in [5, 5.41) is 58.8. The van der Waals surface area contributed by atoms with Crippen LogP contribution in [0, 0.1) is 5.41 Å². The van der Waals surface area contributed by atoms with Crippen LogP contribution >= 0.6 is 0 Å². The summed E-state index contributed by atoms with van der Waals surface area (Å²) in [7, 11) is 11.3. The molecule has 2 aliphatic heterocycles. The zero-order valence-electron chi connectivity index (χ0n) is 26.1. The number of likely N-dealkylation sites (tertiary alicyclic amines) is 2. The lowest BCUT2D eigenvalue weighted by Gasteiger charge is -2.54. The summed E-state index contributed by atoms with van der Waals surface area (Å²) < 4.78 is 0. The monoisotopic (exact) mass is 657 g/mol. The van der Waals surface area contributed by atoms with Gasteiger partial charge in [-0.1, -0.05) is 10.9 Å². The molecule has 1 spiro atoms. The summed E-state index contributed by atoms with van der Waals surface area (Å²) in [6.07, 6.45) is 2.76. The lowest BCUT2D eigenvalue weighted by Crippen LogP contribution is -2.63. The predicted octanol–water partition coefficient (Wildman–Crippen LogP) is -5.83. The Balaban J connectivity index is 1.71. The van der Waals surface area contributed by atoms with Crippen LogP contribution in [0.25, 0.3) is 0 Å². The van der Waals surface area contributed by atoms with Crippen LogP contribution in [0.5, 0.6) is 17.2 Å². The number of hydrogen-bond donors (Lipinski definition) is 10. The number of rotatable bonds is 13. The number of aromatic hydroxyl groups is 3. The molecule has 0 saturated carbocycles. The SMILES string of the molecule is [B]c1c([B])c(C(O)(O)C(NC(=O)CN)C(=O)NCC(=O)NC(CCCCN)C(=O)N2CCC3(CC2)CN(C(C)=O)C3)c(O)c(O)c1O. The number of unbranched alkanes of at least 4 members (excludes halogenated alkanes) is 1. The number of carbonyl (C=O) groups excluding carboxylic acids is 5. The minimum absolute atomic E-state index is 0.00674. The smallest absolute Gasteiger partial charge is 0.249 e. The number of carbonyl (C=O) groups is 5. The molecule has 2 unspecified atom stereocenters. The molecule has 2 saturated heterocycles. The number of phenolic OH excluding ortho intramolecular Hbond substituents is 3. The van der Waals surface area contributed by atoms with Crippen LogP contribution in [0.1, 0.15) is 44.6 Å². The summed E-state index contributed by atoms with van der Waals surface area (Å²) in [5.41, 5.74) is 8.13. The maximum atomic E-state index is 13.5. The fourth-order valence-corrected chi connectivity index (χ4v) is 5.82. The van der Waals surface area contributed by atoms with E-state index < -0.39 is 82.4 Å².